The predicted molar refractivity (Wildman–Crippen MR) is 124 cm³/mol. The summed E-state index contributed by atoms with van der Waals surface area (Å²) < 4.78 is 7.03. The first-order chi connectivity index (χ1) is 14.7. The highest BCUT2D eigenvalue weighted by Gasteiger charge is 2.24. The first kappa shape index (κ1) is 24.2. The molecule has 0 saturated carbocycles. The number of benzene rings is 1. The van der Waals surface area contributed by atoms with E-state index in [-0.39, 0.29) is 29.8 Å². The largest absolute Gasteiger partial charge is 0.494 e. The number of hydrogen-bond acceptors (Lipinski definition) is 5. The van der Waals surface area contributed by atoms with Gasteiger partial charge in [0.1, 0.15) is 11.6 Å². The molecule has 0 unspecified atom stereocenters. The van der Waals surface area contributed by atoms with E-state index in [0.717, 1.165) is 24.2 Å². The summed E-state index contributed by atoms with van der Waals surface area (Å²) in [6.07, 6.45) is 2.31. The predicted octanol–water partition coefficient (Wildman–Crippen LogP) is 3.08. The zero-order chi connectivity index (χ0) is 23.0. The fourth-order valence-corrected chi connectivity index (χ4v) is 3.24. The molecule has 0 saturated heterocycles. The number of nitrogens with two attached hydrogens (primary N) is 1. The fourth-order valence-electron chi connectivity index (χ4n) is 3.24. The highest BCUT2D eigenvalue weighted by molar-refractivity contribution is 5.95. The normalized spacial score (nSPS) is 11.0. The number of carbonyl (C=O) groups is 1. The van der Waals surface area contributed by atoms with Crippen LogP contribution in [0.2, 0.25) is 0 Å². The average molecular weight is 431 g/mol. The molecule has 8 nitrogen and oxygen atoms in total. The second-order valence-corrected chi connectivity index (χ2v) is 8.16. The first-order valence-electron chi connectivity index (χ1n) is 10.9. The molecule has 0 bridgehead atoms. The van der Waals surface area contributed by atoms with Gasteiger partial charge in [0.2, 0.25) is 5.91 Å². The maximum absolute atomic E-state index is 13.0. The standard InChI is InChI=1S/C23H34N4O4/c1-5-6-13-26-21(24)20(22(29)25-23(26)30)27(15-16(2)3)19(28)8-7-14-31-18-11-9-17(4)10-12-18/h9-12,16H,5-8,13-15,24H2,1-4H3,(H,25,29,30). The molecule has 0 atom stereocenters. The van der Waals surface area contributed by atoms with Crippen LogP contribution in [-0.4, -0.2) is 28.6 Å². The Hall–Kier alpha value is -3.03. The van der Waals surface area contributed by atoms with Crippen molar-refractivity contribution >= 4 is 17.4 Å². The summed E-state index contributed by atoms with van der Waals surface area (Å²) in [5.74, 6) is 0.676. The maximum atomic E-state index is 13.0. The molecule has 0 spiro atoms. The number of aryl methyl sites for hydroxylation is 1. The number of nitrogens with zero attached hydrogens (tertiary/aromatic N) is 2. The monoisotopic (exact) mass is 430 g/mol. The van der Waals surface area contributed by atoms with Crippen molar-refractivity contribution in [2.75, 3.05) is 23.8 Å². The Morgan fingerprint density at radius 1 is 1.19 bits per heavy atom. The van der Waals surface area contributed by atoms with Crippen molar-refractivity contribution < 1.29 is 9.53 Å². The third-order valence-corrected chi connectivity index (χ3v) is 4.89. The van der Waals surface area contributed by atoms with Gasteiger partial charge in [-0.2, -0.15) is 0 Å². The molecule has 0 aliphatic carbocycles. The molecule has 170 valence electrons. The summed E-state index contributed by atoms with van der Waals surface area (Å²) in [6.45, 7) is 9.02. The summed E-state index contributed by atoms with van der Waals surface area (Å²) >= 11 is 0. The van der Waals surface area contributed by atoms with Gasteiger partial charge in [-0.1, -0.05) is 44.9 Å². The summed E-state index contributed by atoms with van der Waals surface area (Å²) in [6, 6.07) is 7.71. The van der Waals surface area contributed by atoms with Gasteiger partial charge in [0.25, 0.3) is 5.56 Å². The Bertz CT molecular complexity index is 977. The number of H-pyrrole nitrogens is 1. The zero-order valence-electron chi connectivity index (χ0n) is 18.9. The number of nitrogen functional groups attached to an aromatic ring is 1. The third kappa shape index (κ3) is 6.73. The van der Waals surface area contributed by atoms with Crippen LogP contribution < -0.4 is 26.6 Å². The minimum atomic E-state index is -0.639. The van der Waals surface area contributed by atoms with Crippen molar-refractivity contribution in [3.63, 3.8) is 0 Å². The van der Waals surface area contributed by atoms with E-state index >= 15 is 0 Å². The summed E-state index contributed by atoms with van der Waals surface area (Å²) in [7, 11) is 0. The number of aromatic amines is 1. The highest BCUT2D eigenvalue weighted by atomic mass is 16.5. The van der Waals surface area contributed by atoms with Gasteiger partial charge < -0.3 is 15.4 Å². The van der Waals surface area contributed by atoms with Crippen LogP contribution >= 0.6 is 0 Å². The lowest BCUT2D eigenvalue weighted by molar-refractivity contribution is -0.119. The van der Waals surface area contributed by atoms with Crippen LogP contribution in [0.25, 0.3) is 0 Å². The van der Waals surface area contributed by atoms with E-state index in [2.05, 4.69) is 4.98 Å². The van der Waals surface area contributed by atoms with E-state index in [1.165, 1.54) is 9.47 Å². The van der Waals surface area contributed by atoms with E-state index in [0.29, 0.717) is 26.1 Å². The third-order valence-electron chi connectivity index (χ3n) is 4.89. The topological polar surface area (TPSA) is 110 Å². The fraction of sp³-hybridized carbons (Fsp3) is 0.522. The minimum Gasteiger partial charge on any atom is -0.494 e. The van der Waals surface area contributed by atoms with Crippen LogP contribution in [0.3, 0.4) is 0 Å². The summed E-state index contributed by atoms with van der Waals surface area (Å²) in [4.78, 5) is 41.5. The molecule has 0 aliphatic rings. The summed E-state index contributed by atoms with van der Waals surface area (Å²) in [5.41, 5.74) is 6.21. The Labute approximate surface area is 183 Å². The number of hydrogen-bond donors (Lipinski definition) is 2. The Morgan fingerprint density at radius 2 is 1.87 bits per heavy atom. The number of unbranched alkanes of at least 4 members (excludes halogenated alkanes) is 1. The van der Waals surface area contributed by atoms with Crippen LogP contribution in [0, 0.1) is 12.8 Å². The molecule has 1 aromatic carbocycles. The van der Waals surface area contributed by atoms with Crippen molar-refractivity contribution in [3.05, 3.63) is 50.7 Å². The molecule has 0 radical (unpaired) electrons. The number of ether oxygens (including phenoxy) is 1. The van der Waals surface area contributed by atoms with Crippen molar-refractivity contribution in [2.45, 2.75) is 59.9 Å². The van der Waals surface area contributed by atoms with E-state index in [9.17, 15) is 14.4 Å². The van der Waals surface area contributed by atoms with Crippen molar-refractivity contribution in [1.29, 1.82) is 0 Å². The van der Waals surface area contributed by atoms with Crippen molar-refractivity contribution in [3.8, 4) is 5.75 Å². The Morgan fingerprint density at radius 3 is 2.48 bits per heavy atom. The van der Waals surface area contributed by atoms with Gasteiger partial charge in [0, 0.05) is 19.5 Å². The number of aromatic nitrogens is 2. The van der Waals surface area contributed by atoms with Gasteiger partial charge in [0.05, 0.1) is 6.61 Å². The van der Waals surface area contributed by atoms with E-state index in [1.807, 2.05) is 52.0 Å². The molecule has 0 fully saturated rings. The Balaban J connectivity index is 2.16. The van der Waals surface area contributed by atoms with Crippen LogP contribution in [0.1, 0.15) is 52.0 Å². The molecule has 0 aliphatic heterocycles. The van der Waals surface area contributed by atoms with Gasteiger partial charge in [-0.05, 0) is 37.8 Å². The molecular weight excluding hydrogens is 396 g/mol. The minimum absolute atomic E-state index is 0.0344. The maximum Gasteiger partial charge on any atom is 0.330 e. The average Bonchev–Trinajstić information content (AvgIpc) is 2.71. The molecule has 3 N–H and O–H groups in total. The number of amides is 1. The molecule has 31 heavy (non-hydrogen) atoms. The summed E-state index contributed by atoms with van der Waals surface area (Å²) in [5, 5.41) is 0. The van der Waals surface area contributed by atoms with Gasteiger partial charge in [-0.25, -0.2) is 4.79 Å². The Kier molecular flexibility index (Phi) is 8.90. The molecule has 1 heterocycles. The lowest BCUT2D eigenvalue weighted by atomic mass is 10.1. The van der Waals surface area contributed by atoms with E-state index in [1.54, 1.807) is 0 Å². The molecule has 1 aromatic heterocycles. The molecule has 8 heteroatoms. The smallest absolute Gasteiger partial charge is 0.330 e. The lowest BCUT2D eigenvalue weighted by Gasteiger charge is -2.26. The van der Waals surface area contributed by atoms with Gasteiger partial charge in [-0.3, -0.25) is 19.1 Å². The zero-order valence-corrected chi connectivity index (χ0v) is 18.9. The van der Waals surface area contributed by atoms with Crippen molar-refractivity contribution in [1.82, 2.24) is 9.55 Å². The van der Waals surface area contributed by atoms with Gasteiger partial charge in [-0.15, -0.1) is 0 Å². The second kappa shape index (κ2) is 11.4. The van der Waals surface area contributed by atoms with Gasteiger partial charge in [0.15, 0.2) is 5.69 Å². The quantitative estimate of drug-likeness (QED) is 0.532. The van der Waals surface area contributed by atoms with Gasteiger partial charge >= 0.3 is 5.69 Å². The number of nitrogens with one attached hydrogen (secondary N) is 1. The van der Waals surface area contributed by atoms with Crippen LogP contribution in [-0.2, 0) is 11.3 Å². The molecule has 2 rings (SSSR count). The van der Waals surface area contributed by atoms with Crippen LogP contribution in [0.4, 0.5) is 11.5 Å². The second-order valence-electron chi connectivity index (χ2n) is 8.16. The highest BCUT2D eigenvalue weighted by Crippen LogP contribution is 2.20. The van der Waals surface area contributed by atoms with E-state index < -0.39 is 11.2 Å². The lowest BCUT2D eigenvalue weighted by Crippen LogP contribution is -2.42. The first-order valence-corrected chi connectivity index (χ1v) is 10.9. The van der Waals surface area contributed by atoms with E-state index in [4.69, 9.17) is 10.5 Å². The molecule has 2 aromatic rings. The van der Waals surface area contributed by atoms with Crippen molar-refractivity contribution in [2.24, 2.45) is 5.92 Å². The van der Waals surface area contributed by atoms with Crippen LogP contribution in [0.15, 0.2) is 33.9 Å². The number of anilines is 2. The molecule has 1 amide bonds. The number of carbonyl (C=O) groups excluding carboxylic acids is 1. The number of rotatable bonds is 11. The van der Waals surface area contributed by atoms with Crippen LogP contribution in [0.5, 0.6) is 5.75 Å². The SMILES string of the molecule is CCCCn1c(N)c(N(CC(C)C)C(=O)CCCOc2ccc(C)cc2)c(=O)[nH]c1=O. The molecular formula is C23H34N4O4.